The first-order valence-electron chi connectivity index (χ1n) is 7.21. The lowest BCUT2D eigenvalue weighted by Gasteiger charge is -2.21. The molecule has 122 valence electrons. The van der Waals surface area contributed by atoms with Gasteiger partial charge in [0.05, 0.1) is 22.7 Å². The summed E-state index contributed by atoms with van der Waals surface area (Å²) in [4.78, 5) is 12.2. The average Bonchev–Trinajstić information content (AvgIpc) is 2.80. The van der Waals surface area contributed by atoms with Crippen molar-refractivity contribution in [1.29, 1.82) is 0 Å². The van der Waals surface area contributed by atoms with Crippen LogP contribution in [0, 0.1) is 0 Å². The maximum Gasteiger partial charge on any atom is 0.255 e. The molecule has 0 spiro atoms. The fraction of sp³-hybridized carbons (Fsp3) is 0.312. The number of phenolic OH excluding ortho intramolecular Hbond substituents is 1. The maximum atomic E-state index is 12.2. The van der Waals surface area contributed by atoms with Gasteiger partial charge in [0.1, 0.15) is 5.75 Å². The number of benzene rings is 2. The summed E-state index contributed by atoms with van der Waals surface area (Å²) in [6.45, 7) is -0.169. The number of rotatable bonds is 3. The lowest BCUT2D eigenvalue weighted by Crippen LogP contribution is -2.43. The zero-order valence-corrected chi connectivity index (χ0v) is 13.1. The van der Waals surface area contributed by atoms with E-state index in [1.54, 1.807) is 18.2 Å². The molecule has 7 heteroatoms. The van der Waals surface area contributed by atoms with Crippen molar-refractivity contribution in [1.82, 2.24) is 5.32 Å². The highest BCUT2D eigenvalue weighted by molar-refractivity contribution is 7.91. The Labute approximate surface area is 133 Å². The zero-order chi connectivity index (χ0) is 16.7. The van der Waals surface area contributed by atoms with E-state index in [0.717, 1.165) is 5.39 Å². The molecular formula is C16H17NO5S. The Kier molecular flexibility index (Phi) is 3.77. The van der Waals surface area contributed by atoms with Gasteiger partial charge in [-0.1, -0.05) is 30.3 Å². The van der Waals surface area contributed by atoms with Crippen molar-refractivity contribution in [3.8, 4) is 5.75 Å². The number of hydrogen-bond donors (Lipinski definition) is 3. The van der Waals surface area contributed by atoms with E-state index in [9.17, 15) is 23.4 Å². The third-order valence-corrected chi connectivity index (χ3v) is 5.89. The first kappa shape index (κ1) is 15.8. The summed E-state index contributed by atoms with van der Waals surface area (Å²) in [5.41, 5.74) is -1.35. The summed E-state index contributed by atoms with van der Waals surface area (Å²) in [6, 6.07) is 10.3. The molecule has 0 radical (unpaired) electrons. The summed E-state index contributed by atoms with van der Waals surface area (Å²) in [5, 5.41) is 24.3. The molecule has 1 atom stereocenters. The van der Waals surface area contributed by atoms with Crippen LogP contribution in [0.2, 0.25) is 0 Å². The van der Waals surface area contributed by atoms with Gasteiger partial charge in [-0.15, -0.1) is 0 Å². The Balaban J connectivity index is 1.78. The van der Waals surface area contributed by atoms with E-state index in [1.165, 1.54) is 6.07 Å². The van der Waals surface area contributed by atoms with Crippen molar-refractivity contribution < 1.29 is 23.4 Å². The standard InChI is InChI=1S/C16H17NO5S/c18-14-12-4-2-1-3-11(12)5-6-13(14)15(19)17-9-16(20)7-8-23(21,22)10-16/h1-6,18,20H,7-10H2,(H,17,19). The van der Waals surface area contributed by atoms with E-state index in [1.807, 2.05) is 12.1 Å². The summed E-state index contributed by atoms with van der Waals surface area (Å²) in [6.07, 6.45) is 0.0965. The van der Waals surface area contributed by atoms with Gasteiger partial charge in [-0.25, -0.2) is 8.42 Å². The fourth-order valence-electron chi connectivity index (χ4n) is 2.82. The summed E-state index contributed by atoms with van der Waals surface area (Å²) in [5.74, 6) is -1.12. The molecule has 2 aromatic carbocycles. The molecule has 0 saturated carbocycles. The molecule has 0 aromatic heterocycles. The molecule has 1 saturated heterocycles. The van der Waals surface area contributed by atoms with Gasteiger partial charge < -0.3 is 15.5 Å². The topological polar surface area (TPSA) is 104 Å². The number of nitrogens with one attached hydrogen (secondary N) is 1. The van der Waals surface area contributed by atoms with Gasteiger partial charge in [-0.3, -0.25) is 4.79 Å². The minimum atomic E-state index is -3.25. The normalized spacial score (nSPS) is 23.0. The highest BCUT2D eigenvalue weighted by atomic mass is 32.2. The highest BCUT2D eigenvalue weighted by Crippen LogP contribution is 2.29. The molecule has 1 heterocycles. The van der Waals surface area contributed by atoms with Crippen LogP contribution in [0.5, 0.6) is 5.75 Å². The smallest absolute Gasteiger partial charge is 0.255 e. The molecule has 1 aliphatic rings. The number of aliphatic hydroxyl groups is 1. The Bertz CT molecular complexity index is 877. The van der Waals surface area contributed by atoms with Crippen LogP contribution in [0.4, 0.5) is 0 Å². The molecule has 1 amide bonds. The maximum absolute atomic E-state index is 12.2. The van der Waals surface area contributed by atoms with Crippen molar-refractivity contribution in [3.05, 3.63) is 42.0 Å². The number of phenols is 1. The van der Waals surface area contributed by atoms with Crippen LogP contribution in [0.15, 0.2) is 36.4 Å². The van der Waals surface area contributed by atoms with Crippen molar-refractivity contribution in [2.24, 2.45) is 0 Å². The van der Waals surface area contributed by atoms with Gasteiger partial charge >= 0.3 is 0 Å². The average molecular weight is 335 g/mol. The molecule has 3 rings (SSSR count). The quantitative estimate of drug-likeness (QED) is 0.771. The zero-order valence-electron chi connectivity index (χ0n) is 12.3. The second-order valence-corrected chi connectivity index (χ2v) is 8.12. The van der Waals surface area contributed by atoms with Crippen molar-refractivity contribution in [2.75, 3.05) is 18.1 Å². The molecule has 23 heavy (non-hydrogen) atoms. The van der Waals surface area contributed by atoms with Crippen LogP contribution in [0.3, 0.4) is 0 Å². The number of sulfone groups is 1. The van der Waals surface area contributed by atoms with Crippen LogP contribution in [0.25, 0.3) is 10.8 Å². The molecule has 1 unspecified atom stereocenters. The van der Waals surface area contributed by atoms with Gasteiger partial charge in [-0.05, 0) is 17.9 Å². The highest BCUT2D eigenvalue weighted by Gasteiger charge is 2.40. The minimum absolute atomic E-state index is 0.0827. The Morgan fingerprint density at radius 2 is 1.96 bits per heavy atom. The third kappa shape index (κ3) is 3.16. The van der Waals surface area contributed by atoms with E-state index in [4.69, 9.17) is 0 Å². The SMILES string of the molecule is O=C(NCC1(O)CCS(=O)(=O)C1)c1ccc2ccccc2c1O. The monoisotopic (exact) mass is 335 g/mol. The second-order valence-electron chi connectivity index (χ2n) is 5.93. The van der Waals surface area contributed by atoms with E-state index >= 15 is 0 Å². The van der Waals surface area contributed by atoms with E-state index in [-0.39, 0.29) is 35.8 Å². The van der Waals surface area contributed by atoms with Crippen LogP contribution in [-0.2, 0) is 9.84 Å². The fourth-order valence-corrected chi connectivity index (χ4v) is 4.72. The number of carbonyl (C=O) groups is 1. The first-order valence-corrected chi connectivity index (χ1v) is 9.04. The molecule has 1 aliphatic heterocycles. The van der Waals surface area contributed by atoms with Gasteiger partial charge in [-0.2, -0.15) is 0 Å². The predicted octanol–water partition coefficient (Wildman–Crippen LogP) is 0.825. The largest absolute Gasteiger partial charge is 0.506 e. The Morgan fingerprint density at radius 3 is 2.65 bits per heavy atom. The van der Waals surface area contributed by atoms with Crippen molar-refractivity contribution >= 4 is 26.5 Å². The molecule has 6 nitrogen and oxygen atoms in total. The third-order valence-electron chi connectivity index (χ3n) is 4.09. The summed E-state index contributed by atoms with van der Waals surface area (Å²) < 4.78 is 22.9. The summed E-state index contributed by atoms with van der Waals surface area (Å²) >= 11 is 0. The van der Waals surface area contributed by atoms with E-state index in [2.05, 4.69) is 5.32 Å². The first-order chi connectivity index (χ1) is 10.8. The van der Waals surface area contributed by atoms with E-state index < -0.39 is 21.3 Å². The second kappa shape index (κ2) is 5.50. The molecular weight excluding hydrogens is 318 g/mol. The molecule has 3 N–H and O–H groups in total. The van der Waals surface area contributed by atoms with E-state index in [0.29, 0.717) is 5.39 Å². The van der Waals surface area contributed by atoms with Gasteiger partial charge in [0.2, 0.25) is 0 Å². The van der Waals surface area contributed by atoms with Crippen LogP contribution < -0.4 is 5.32 Å². The predicted molar refractivity (Wildman–Crippen MR) is 86.2 cm³/mol. The number of fused-ring (bicyclic) bond motifs is 1. The summed E-state index contributed by atoms with van der Waals surface area (Å²) in [7, 11) is -3.25. The van der Waals surface area contributed by atoms with Gasteiger partial charge in [0.15, 0.2) is 9.84 Å². The minimum Gasteiger partial charge on any atom is -0.506 e. The van der Waals surface area contributed by atoms with Gasteiger partial charge in [0, 0.05) is 11.9 Å². The number of hydrogen-bond acceptors (Lipinski definition) is 5. The molecule has 0 bridgehead atoms. The lowest BCUT2D eigenvalue weighted by molar-refractivity contribution is 0.0608. The Morgan fingerprint density at radius 1 is 1.22 bits per heavy atom. The molecule has 1 fully saturated rings. The van der Waals surface area contributed by atoms with Gasteiger partial charge in [0.25, 0.3) is 5.91 Å². The van der Waals surface area contributed by atoms with Crippen molar-refractivity contribution in [3.63, 3.8) is 0 Å². The lowest BCUT2D eigenvalue weighted by atomic mass is 10.0. The van der Waals surface area contributed by atoms with Crippen LogP contribution >= 0.6 is 0 Å². The number of aromatic hydroxyl groups is 1. The Hall–Kier alpha value is -2.12. The van der Waals surface area contributed by atoms with Crippen LogP contribution in [0.1, 0.15) is 16.8 Å². The van der Waals surface area contributed by atoms with Crippen molar-refractivity contribution in [2.45, 2.75) is 12.0 Å². The number of carbonyl (C=O) groups excluding carboxylic acids is 1. The molecule has 2 aromatic rings. The number of amides is 1. The molecule has 0 aliphatic carbocycles. The van der Waals surface area contributed by atoms with Crippen LogP contribution in [-0.4, -0.2) is 48.2 Å².